The van der Waals surface area contributed by atoms with Crippen LogP contribution in [-0.2, 0) is 23.2 Å². The zero-order valence-corrected chi connectivity index (χ0v) is 13.1. The number of amides is 1. The molecule has 21 heavy (non-hydrogen) atoms. The summed E-state index contributed by atoms with van der Waals surface area (Å²) in [6.07, 6.45) is 0.599. The Bertz CT molecular complexity index is 644. The smallest absolute Gasteiger partial charge is 0.225 e. The highest BCUT2D eigenvalue weighted by Gasteiger charge is 2.23. The number of rotatable bonds is 4. The lowest BCUT2D eigenvalue weighted by Gasteiger charge is -2.21. The second kappa shape index (κ2) is 5.31. The molecule has 2 aromatic rings. The minimum absolute atomic E-state index is 0.0394. The molecule has 0 saturated heterocycles. The summed E-state index contributed by atoms with van der Waals surface area (Å²) >= 11 is 0. The van der Waals surface area contributed by atoms with E-state index in [-0.39, 0.29) is 12.0 Å². The molecule has 2 rings (SSSR count). The molecule has 0 radical (unpaired) electrons. The molecule has 0 aliphatic heterocycles. The van der Waals surface area contributed by atoms with Gasteiger partial charge in [0, 0.05) is 12.0 Å². The summed E-state index contributed by atoms with van der Waals surface area (Å²) in [4.78, 5) is 15.5. The zero-order chi connectivity index (χ0) is 15.8. The molecule has 0 aliphatic carbocycles. The molecule has 7 nitrogen and oxygen atoms in total. The van der Waals surface area contributed by atoms with Gasteiger partial charge in [-0.05, 0) is 34.6 Å². The van der Waals surface area contributed by atoms with Crippen LogP contribution in [0.3, 0.4) is 0 Å². The first-order chi connectivity index (χ1) is 9.68. The SMILES string of the molecule is Cc1noc(C)c1Cc1nc(CC(N)=O)nn1C(C)(C)C. The largest absolute Gasteiger partial charge is 0.369 e. The number of carbonyl (C=O) groups is 1. The number of aromatic nitrogens is 4. The lowest BCUT2D eigenvalue weighted by molar-refractivity contribution is -0.117. The van der Waals surface area contributed by atoms with Crippen LogP contribution < -0.4 is 5.73 Å². The number of aryl methyl sites for hydroxylation is 2. The van der Waals surface area contributed by atoms with Gasteiger partial charge in [0.25, 0.3) is 0 Å². The van der Waals surface area contributed by atoms with Gasteiger partial charge in [-0.3, -0.25) is 4.79 Å². The van der Waals surface area contributed by atoms with E-state index in [0.717, 1.165) is 22.8 Å². The van der Waals surface area contributed by atoms with Crippen LogP contribution in [0, 0.1) is 13.8 Å². The maximum atomic E-state index is 11.1. The van der Waals surface area contributed by atoms with Crippen LogP contribution in [-0.4, -0.2) is 25.8 Å². The average molecular weight is 291 g/mol. The van der Waals surface area contributed by atoms with E-state index in [1.807, 2.05) is 39.3 Å². The summed E-state index contributed by atoms with van der Waals surface area (Å²) in [6.45, 7) is 9.87. The highest BCUT2D eigenvalue weighted by molar-refractivity contribution is 5.75. The van der Waals surface area contributed by atoms with Gasteiger partial charge in [-0.15, -0.1) is 0 Å². The van der Waals surface area contributed by atoms with Crippen molar-refractivity contribution in [2.75, 3.05) is 0 Å². The average Bonchev–Trinajstić information content (AvgIpc) is 2.86. The van der Waals surface area contributed by atoms with Crippen molar-refractivity contribution < 1.29 is 9.32 Å². The molecule has 114 valence electrons. The van der Waals surface area contributed by atoms with Gasteiger partial charge in [-0.1, -0.05) is 5.16 Å². The van der Waals surface area contributed by atoms with Gasteiger partial charge < -0.3 is 10.3 Å². The summed E-state index contributed by atoms with van der Waals surface area (Å²) in [6, 6.07) is 0. The molecule has 2 N–H and O–H groups in total. The van der Waals surface area contributed by atoms with Crippen molar-refractivity contribution in [2.24, 2.45) is 5.73 Å². The van der Waals surface area contributed by atoms with E-state index in [0.29, 0.717) is 12.2 Å². The van der Waals surface area contributed by atoms with E-state index in [2.05, 4.69) is 15.2 Å². The fourth-order valence-corrected chi connectivity index (χ4v) is 2.19. The van der Waals surface area contributed by atoms with Crippen LogP contribution in [0.4, 0.5) is 0 Å². The summed E-state index contributed by atoms with van der Waals surface area (Å²) in [5.74, 6) is 1.55. The van der Waals surface area contributed by atoms with Crippen LogP contribution in [0.15, 0.2) is 4.52 Å². The molecule has 0 bridgehead atoms. The molecule has 7 heteroatoms. The summed E-state index contributed by atoms with van der Waals surface area (Å²) in [7, 11) is 0. The second-order valence-electron chi connectivity index (χ2n) is 6.15. The molecule has 0 unspecified atom stereocenters. The van der Waals surface area contributed by atoms with Gasteiger partial charge >= 0.3 is 0 Å². The molecular formula is C14H21N5O2. The third-order valence-electron chi connectivity index (χ3n) is 3.20. The molecule has 0 saturated carbocycles. The van der Waals surface area contributed by atoms with Gasteiger partial charge in [0.2, 0.25) is 5.91 Å². The van der Waals surface area contributed by atoms with E-state index in [9.17, 15) is 4.79 Å². The highest BCUT2D eigenvalue weighted by atomic mass is 16.5. The minimum atomic E-state index is -0.440. The Labute approximate surface area is 123 Å². The van der Waals surface area contributed by atoms with Crippen LogP contribution in [0.1, 0.15) is 49.4 Å². The van der Waals surface area contributed by atoms with Gasteiger partial charge in [-0.2, -0.15) is 5.10 Å². The lowest BCUT2D eigenvalue weighted by Crippen LogP contribution is -2.26. The Balaban J connectivity index is 2.41. The predicted molar refractivity (Wildman–Crippen MR) is 76.7 cm³/mol. The topological polar surface area (TPSA) is 99.8 Å². The third kappa shape index (κ3) is 3.29. The first-order valence-corrected chi connectivity index (χ1v) is 6.84. The summed E-state index contributed by atoms with van der Waals surface area (Å²) < 4.78 is 7.01. The lowest BCUT2D eigenvalue weighted by atomic mass is 10.1. The van der Waals surface area contributed by atoms with Gasteiger partial charge in [0.15, 0.2) is 5.82 Å². The van der Waals surface area contributed by atoms with Crippen LogP contribution >= 0.6 is 0 Å². The van der Waals surface area contributed by atoms with Crippen LogP contribution in [0.5, 0.6) is 0 Å². The fraction of sp³-hybridized carbons (Fsp3) is 0.571. The number of carbonyl (C=O) groups excluding carboxylic acids is 1. The Hall–Kier alpha value is -2.18. The van der Waals surface area contributed by atoms with Crippen molar-refractivity contribution in [3.8, 4) is 0 Å². The van der Waals surface area contributed by atoms with E-state index in [1.165, 1.54) is 0 Å². The van der Waals surface area contributed by atoms with Crippen molar-refractivity contribution in [2.45, 2.75) is 53.0 Å². The minimum Gasteiger partial charge on any atom is -0.369 e. The van der Waals surface area contributed by atoms with Crippen molar-refractivity contribution in [3.63, 3.8) is 0 Å². The van der Waals surface area contributed by atoms with E-state index < -0.39 is 5.91 Å². The predicted octanol–water partition coefficient (Wildman–Crippen LogP) is 1.26. The zero-order valence-electron chi connectivity index (χ0n) is 13.1. The Morgan fingerprint density at radius 3 is 2.48 bits per heavy atom. The molecule has 0 atom stereocenters. The Morgan fingerprint density at radius 2 is 2.00 bits per heavy atom. The molecule has 2 heterocycles. The molecule has 1 amide bonds. The van der Waals surface area contributed by atoms with Crippen LogP contribution in [0.2, 0.25) is 0 Å². The molecule has 0 aromatic carbocycles. The molecule has 0 aliphatic rings. The number of primary amides is 1. The number of nitrogens with two attached hydrogens (primary N) is 1. The second-order valence-corrected chi connectivity index (χ2v) is 6.15. The van der Waals surface area contributed by atoms with E-state index in [1.54, 1.807) is 0 Å². The summed E-state index contributed by atoms with van der Waals surface area (Å²) in [5.41, 5.74) is 6.82. The fourth-order valence-electron chi connectivity index (χ4n) is 2.19. The number of nitrogens with zero attached hydrogens (tertiary/aromatic N) is 4. The van der Waals surface area contributed by atoms with Crippen molar-refractivity contribution in [1.29, 1.82) is 0 Å². The van der Waals surface area contributed by atoms with Gasteiger partial charge in [0.1, 0.15) is 11.6 Å². The molecule has 2 aromatic heterocycles. The molecular weight excluding hydrogens is 270 g/mol. The maximum Gasteiger partial charge on any atom is 0.225 e. The Kier molecular flexibility index (Phi) is 3.85. The maximum absolute atomic E-state index is 11.1. The first-order valence-electron chi connectivity index (χ1n) is 6.84. The molecule has 0 fully saturated rings. The Morgan fingerprint density at radius 1 is 1.33 bits per heavy atom. The van der Waals surface area contributed by atoms with E-state index >= 15 is 0 Å². The van der Waals surface area contributed by atoms with Gasteiger partial charge in [-0.25, -0.2) is 9.67 Å². The van der Waals surface area contributed by atoms with Crippen LogP contribution in [0.25, 0.3) is 0 Å². The van der Waals surface area contributed by atoms with Crippen molar-refractivity contribution in [1.82, 2.24) is 19.9 Å². The molecule has 0 spiro atoms. The third-order valence-corrected chi connectivity index (χ3v) is 3.20. The number of hydrogen-bond donors (Lipinski definition) is 1. The van der Waals surface area contributed by atoms with Gasteiger partial charge in [0.05, 0.1) is 17.7 Å². The number of hydrogen-bond acceptors (Lipinski definition) is 5. The van der Waals surface area contributed by atoms with E-state index in [4.69, 9.17) is 10.3 Å². The van der Waals surface area contributed by atoms with Crippen molar-refractivity contribution >= 4 is 5.91 Å². The van der Waals surface area contributed by atoms with Crippen molar-refractivity contribution in [3.05, 3.63) is 28.7 Å². The summed E-state index contributed by atoms with van der Waals surface area (Å²) in [5, 5.41) is 8.37. The standard InChI is InChI=1S/C14H21N5O2/c1-8-10(9(2)21-18-8)6-13-16-12(7-11(15)20)17-19(13)14(3,4)5/h6-7H2,1-5H3,(H2,15,20). The first kappa shape index (κ1) is 15.2. The highest BCUT2D eigenvalue weighted by Crippen LogP contribution is 2.21. The monoisotopic (exact) mass is 291 g/mol. The normalized spacial score (nSPS) is 11.9. The quantitative estimate of drug-likeness (QED) is 0.914.